The van der Waals surface area contributed by atoms with Crippen molar-refractivity contribution in [3.05, 3.63) is 48.2 Å². The first kappa shape index (κ1) is 18.7. The van der Waals surface area contributed by atoms with Crippen molar-refractivity contribution in [2.24, 2.45) is 12.8 Å². The second-order valence-corrected chi connectivity index (χ2v) is 6.74. The zero-order valence-corrected chi connectivity index (χ0v) is 16.1. The number of fused-ring (bicyclic) bond motifs is 1. The summed E-state index contributed by atoms with van der Waals surface area (Å²) in [6, 6.07) is 10.8. The topological polar surface area (TPSA) is 94.2 Å². The zero-order chi connectivity index (χ0) is 19.6. The lowest BCUT2D eigenvalue weighted by molar-refractivity contribution is 0.100. The van der Waals surface area contributed by atoms with Gasteiger partial charge in [0.2, 0.25) is 5.91 Å². The van der Waals surface area contributed by atoms with E-state index in [9.17, 15) is 4.79 Å². The Morgan fingerprint density at radius 3 is 2.67 bits per heavy atom. The van der Waals surface area contributed by atoms with E-state index in [-0.39, 0.29) is 6.10 Å². The van der Waals surface area contributed by atoms with Crippen molar-refractivity contribution in [2.75, 3.05) is 10.6 Å². The molecule has 2 aromatic carbocycles. The first-order chi connectivity index (χ1) is 12.8. The summed E-state index contributed by atoms with van der Waals surface area (Å²) in [5.74, 6) is 0.0619. The number of primary amides is 1. The quantitative estimate of drug-likeness (QED) is 0.586. The molecule has 1 amide bonds. The molecule has 1 aromatic heterocycles. The number of nitrogens with two attached hydrogens (primary N) is 1. The third-order valence-electron chi connectivity index (χ3n) is 3.91. The maximum Gasteiger partial charge on any atom is 0.248 e. The molecule has 0 bridgehead atoms. The molecule has 8 heteroatoms. The molecule has 0 aliphatic rings. The summed E-state index contributed by atoms with van der Waals surface area (Å²) in [6.45, 7) is 3.84. The van der Waals surface area contributed by atoms with Crippen LogP contribution in [-0.2, 0) is 7.05 Å². The van der Waals surface area contributed by atoms with E-state index < -0.39 is 5.91 Å². The number of ether oxygens (including phenoxy) is 1. The van der Waals surface area contributed by atoms with Gasteiger partial charge in [0.15, 0.2) is 5.11 Å². The summed E-state index contributed by atoms with van der Waals surface area (Å²) in [5, 5.41) is 11.8. The molecule has 0 radical (unpaired) electrons. The van der Waals surface area contributed by atoms with E-state index in [0.717, 1.165) is 16.6 Å². The summed E-state index contributed by atoms with van der Waals surface area (Å²) in [6.07, 6.45) is 1.75. The molecule has 7 nitrogen and oxygen atoms in total. The molecule has 0 atom stereocenters. The molecule has 3 aromatic rings. The van der Waals surface area contributed by atoms with Gasteiger partial charge in [-0.15, -0.1) is 0 Å². The van der Waals surface area contributed by atoms with Crippen LogP contribution in [0.15, 0.2) is 42.6 Å². The average Bonchev–Trinajstić information content (AvgIpc) is 2.98. The number of anilines is 2. The highest BCUT2D eigenvalue weighted by Gasteiger charge is 2.12. The van der Waals surface area contributed by atoms with E-state index >= 15 is 0 Å². The fourth-order valence-electron chi connectivity index (χ4n) is 2.70. The van der Waals surface area contributed by atoms with Crippen molar-refractivity contribution >= 4 is 45.5 Å². The van der Waals surface area contributed by atoms with Crippen molar-refractivity contribution in [1.82, 2.24) is 9.78 Å². The highest BCUT2D eigenvalue weighted by atomic mass is 32.1. The van der Waals surface area contributed by atoms with Gasteiger partial charge >= 0.3 is 0 Å². The summed E-state index contributed by atoms with van der Waals surface area (Å²) in [7, 11) is 1.88. The Morgan fingerprint density at radius 2 is 1.96 bits per heavy atom. The van der Waals surface area contributed by atoms with Gasteiger partial charge in [-0.3, -0.25) is 9.48 Å². The van der Waals surface area contributed by atoms with Gasteiger partial charge in [-0.2, -0.15) is 5.10 Å². The molecule has 0 saturated heterocycles. The number of thiocarbonyl (C=S) groups is 1. The minimum Gasteiger partial charge on any atom is -0.489 e. The summed E-state index contributed by atoms with van der Waals surface area (Å²) in [5.41, 5.74) is 8.14. The van der Waals surface area contributed by atoms with Crippen molar-refractivity contribution in [3.8, 4) is 5.75 Å². The smallest absolute Gasteiger partial charge is 0.248 e. The fraction of sp³-hybridized carbons (Fsp3) is 0.211. The molecule has 3 rings (SSSR count). The third-order valence-corrected chi connectivity index (χ3v) is 4.12. The van der Waals surface area contributed by atoms with E-state index in [1.54, 1.807) is 29.1 Å². The average molecular weight is 383 g/mol. The Balaban J connectivity index is 1.86. The molecule has 1 heterocycles. The Kier molecular flexibility index (Phi) is 5.27. The van der Waals surface area contributed by atoms with Crippen LogP contribution in [0.2, 0.25) is 0 Å². The largest absolute Gasteiger partial charge is 0.489 e. The van der Waals surface area contributed by atoms with Gasteiger partial charge in [0.05, 0.1) is 29.2 Å². The second-order valence-electron chi connectivity index (χ2n) is 6.33. The summed E-state index contributed by atoms with van der Waals surface area (Å²) in [4.78, 5) is 11.5. The first-order valence-corrected chi connectivity index (χ1v) is 8.85. The monoisotopic (exact) mass is 383 g/mol. The Morgan fingerprint density at radius 1 is 1.22 bits per heavy atom. The molecule has 0 spiro atoms. The predicted octanol–water partition coefficient (Wildman–Crippen LogP) is 3.27. The van der Waals surface area contributed by atoms with Gasteiger partial charge in [-0.25, -0.2) is 0 Å². The van der Waals surface area contributed by atoms with Gasteiger partial charge in [0, 0.05) is 18.0 Å². The maximum atomic E-state index is 11.5. The summed E-state index contributed by atoms with van der Waals surface area (Å²) >= 11 is 5.45. The van der Waals surface area contributed by atoms with Crippen LogP contribution in [0.4, 0.5) is 11.4 Å². The minimum atomic E-state index is -0.520. The van der Waals surface area contributed by atoms with E-state index in [0.29, 0.717) is 22.1 Å². The lowest BCUT2D eigenvalue weighted by atomic mass is 10.1. The number of aromatic nitrogens is 2. The number of hydrogen-bond donors (Lipinski definition) is 3. The predicted molar refractivity (Wildman–Crippen MR) is 111 cm³/mol. The molecule has 0 saturated carbocycles. The van der Waals surface area contributed by atoms with Crippen LogP contribution in [0, 0.1) is 0 Å². The molecular weight excluding hydrogens is 362 g/mol. The minimum absolute atomic E-state index is 0.0318. The van der Waals surface area contributed by atoms with E-state index in [2.05, 4.69) is 15.7 Å². The van der Waals surface area contributed by atoms with Crippen LogP contribution in [0.5, 0.6) is 5.75 Å². The lowest BCUT2D eigenvalue weighted by Crippen LogP contribution is -2.21. The zero-order valence-electron chi connectivity index (χ0n) is 15.3. The number of aryl methyl sites for hydroxylation is 1. The molecular formula is C19H21N5O2S. The number of nitrogens with zero attached hydrogens (tertiary/aromatic N) is 2. The normalized spacial score (nSPS) is 10.8. The second kappa shape index (κ2) is 7.63. The SMILES string of the molecule is CC(C)Oc1ccc(C(N)=O)cc1NC(=S)Nc1cccc2c1cnn2C. The van der Waals surface area contributed by atoms with Crippen molar-refractivity contribution in [2.45, 2.75) is 20.0 Å². The number of rotatable bonds is 5. The molecule has 0 aliphatic heterocycles. The first-order valence-electron chi connectivity index (χ1n) is 8.44. The van der Waals surface area contributed by atoms with E-state index in [4.69, 9.17) is 22.7 Å². The maximum absolute atomic E-state index is 11.5. The van der Waals surface area contributed by atoms with Crippen LogP contribution in [-0.4, -0.2) is 26.9 Å². The highest BCUT2D eigenvalue weighted by Crippen LogP contribution is 2.28. The van der Waals surface area contributed by atoms with Gasteiger partial charge in [-0.05, 0) is 56.4 Å². The van der Waals surface area contributed by atoms with Crippen molar-refractivity contribution in [3.63, 3.8) is 0 Å². The molecule has 140 valence electrons. The highest BCUT2D eigenvalue weighted by molar-refractivity contribution is 7.80. The Bertz CT molecular complexity index is 1010. The molecule has 0 fully saturated rings. The number of carbonyl (C=O) groups is 1. The number of carbonyl (C=O) groups excluding carboxylic acids is 1. The van der Waals surface area contributed by atoms with Gasteiger partial charge < -0.3 is 21.1 Å². The van der Waals surface area contributed by atoms with Crippen LogP contribution in [0.25, 0.3) is 10.9 Å². The van der Waals surface area contributed by atoms with Crippen LogP contribution < -0.4 is 21.1 Å². The van der Waals surface area contributed by atoms with Gasteiger partial charge in [0.1, 0.15) is 5.75 Å². The number of benzene rings is 2. The van der Waals surface area contributed by atoms with Crippen LogP contribution in [0.1, 0.15) is 24.2 Å². The summed E-state index contributed by atoms with van der Waals surface area (Å²) < 4.78 is 7.58. The molecule has 4 N–H and O–H groups in total. The Hall–Kier alpha value is -3.13. The third kappa shape index (κ3) is 4.17. The fourth-order valence-corrected chi connectivity index (χ4v) is 2.92. The van der Waals surface area contributed by atoms with Crippen LogP contribution >= 0.6 is 12.2 Å². The molecule has 27 heavy (non-hydrogen) atoms. The molecule has 0 aliphatic carbocycles. The van der Waals surface area contributed by atoms with Gasteiger partial charge in [0.25, 0.3) is 0 Å². The van der Waals surface area contributed by atoms with E-state index in [1.165, 1.54) is 0 Å². The molecule has 0 unspecified atom stereocenters. The van der Waals surface area contributed by atoms with Crippen molar-refractivity contribution in [1.29, 1.82) is 0 Å². The lowest BCUT2D eigenvalue weighted by Gasteiger charge is -2.17. The standard InChI is InChI=1S/C19H21N5O2S/c1-11(2)26-17-8-7-12(18(20)25)9-15(17)23-19(27)22-14-5-4-6-16-13(14)10-21-24(16)3/h4-11H,1-3H3,(H2,20,25)(H2,22,23,27). The number of hydrogen-bond acceptors (Lipinski definition) is 4. The number of amides is 1. The number of nitrogens with one attached hydrogen (secondary N) is 2. The Labute approximate surface area is 162 Å². The van der Waals surface area contributed by atoms with Crippen molar-refractivity contribution < 1.29 is 9.53 Å². The van der Waals surface area contributed by atoms with E-state index in [1.807, 2.05) is 39.1 Å². The van der Waals surface area contributed by atoms with Crippen LogP contribution in [0.3, 0.4) is 0 Å². The van der Waals surface area contributed by atoms with Gasteiger partial charge in [-0.1, -0.05) is 6.07 Å².